The molecule has 1 fully saturated rings. The lowest BCUT2D eigenvalue weighted by Crippen LogP contribution is -2.57. The van der Waals surface area contributed by atoms with Gasteiger partial charge in [0.2, 0.25) is 0 Å². The molecule has 2 aliphatic heterocycles. The highest BCUT2D eigenvalue weighted by molar-refractivity contribution is 6.36. The summed E-state index contributed by atoms with van der Waals surface area (Å²) in [6.45, 7) is 12.7. The van der Waals surface area contributed by atoms with Gasteiger partial charge in [-0.2, -0.15) is 4.98 Å². The van der Waals surface area contributed by atoms with Crippen molar-refractivity contribution in [1.82, 2.24) is 24.0 Å². The molecular formula is C33H37ClN6O5. The molecule has 1 aromatic carbocycles. The zero-order valence-corrected chi connectivity index (χ0v) is 27.3. The lowest BCUT2D eigenvalue weighted by molar-refractivity contribution is 0.0202. The topological polar surface area (TPSA) is 112 Å². The van der Waals surface area contributed by atoms with Gasteiger partial charge in [0.25, 0.3) is 5.56 Å². The highest BCUT2D eigenvalue weighted by atomic mass is 35.5. The third kappa shape index (κ3) is 5.32. The minimum absolute atomic E-state index is 0.00595. The molecule has 45 heavy (non-hydrogen) atoms. The highest BCUT2D eigenvalue weighted by Gasteiger charge is 2.38. The second kappa shape index (κ2) is 11.2. The SMILES string of the molecule is Cc1ccnc(C(C)C)c1-n1c(=O)nc2c3c(c(Cl)c(-c4cccn(C)c4=O)cc31)OC[C@@H]1CN(C(=O)OC(C)(C)C)CCN21. The van der Waals surface area contributed by atoms with Crippen molar-refractivity contribution in [2.24, 2.45) is 7.05 Å². The molecule has 0 radical (unpaired) electrons. The van der Waals surface area contributed by atoms with Crippen LogP contribution < -0.4 is 20.9 Å². The maximum Gasteiger partial charge on any atom is 0.410 e. The number of pyridine rings is 2. The van der Waals surface area contributed by atoms with Crippen LogP contribution in [0.5, 0.6) is 5.75 Å². The molecule has 2 aliphatic rings. The first kappa shape index (κ1) is 30.6. The molecule has 11 nitrogen and oxygen atoms in total. The van der Waals surface area contributed by atoms with E-state index in [0.717, 1.165) is 11.3 Å². The van der Waals surface area contributed by atoms with Crippen LogP contribution in [-0.4, -0.2) is 68.0 Å². The number of hydrogen-bond donors (Lipinski definition) is 0. The number of carbonyl (C=O) groups excluding carboxylic acids is 1. The van der Waals surface area contributed by atoms with E-state index in [0.29, 0.717) is 58.9 Å². The van der Waals surface area contributed by atoms with Crippen molar-refractivity contribution < 1.29 is 14.3 Å². The van der Waals surface area contributed by atoms with Gasteiger partial charge in [-0.3, -0.25) is 14.3 Å². The van der Waals surface area contributed by atoms with Gasteiger partial charge in [0.15, 0.2) is 5.75 Å². The van der Waals surface area contributed by atoms with Crippen molar-refractivity contribution in [3.63, 3.8) is 0 Å². The van der Waals surface area contributed by atoms with Crippen LogP contribution in [0.2, 0.25) is 5.02 Å². The van der Waals surface area contributed by atoms with Gasteiger partial charge in [0, 0.05) is 50.2 Å². The van der Waals surface area contributed by atoms with Crippen molar-refractivity contribution >= 4 is 34.4 Å². The number of aromatic nitrogens is 4. The monoisotopic (exact) mass is 632 g/mol. The van der Waals surface area contributed by atoms with Crippen LogP contribution in [0, 0.1) is 6.92 Å². The number of rotatable bonds is 3. The summed E-state index contributed by atoms with van der Waals surface area (Å²) in [5, 5.41) is 0.803. The summed E-state index contributed by atoms with van der Waals surface area (Å²) in [7, 11) is 1.67. The average molecular weight is 633 g/mol. The van der Waals surface area contributed by atoms with Crippen LogP contribution in [0.15, 0.2) is 46.2 Å². The number of ether oxygens (including phenoxy) is 2. The Morgan fingerprint density at radius 3 is 2.62 bits per heavy atom. The zero-order valence-electron chi connectivity index (χ0n) is 26.5. The molecule has 0 saturated carbocycles. The standard InChI is InChI=1S/C33H37ClN6O5/c1-18(2)26-27(19(3)10-11-35-26)40-23-15-22(21-9-8-12-37(7)30(21)41)25(34)28-24(23)29(36-31(40)42)39-14-13-38(16-20(39)17-44-28)32(43)45-33(4,5)6/h8-12,15,18,20H,13-14,16-17H2,1-7H3/t20-/m0/s1. The Bertz CT molecular complexity index is 1960. The minimum atomic E-state index is -0.639. The molecule has 4 aromatic rings. The molecule has 1 atom stereocenters. The number of halogens is 1. The molecule has 0 spiro atoms. The molecule has 0 N–H and O–H groups in total. The van der Waals surface area contributed by atoms with Gasteiger partial charge in [-0.25, -0.2) is 9.59 Å². The minimum Gasteiger partial charge on any atom is -0.489 e. The normalized spacial score (nSPS) is 16.4. The fourth-order valence-electron chi connectivity index (χ4n) is 6.10. The van der Waals surface area contributed by atoms with Crippen LogP contribution in [0.3, 0.4) is 0 Å². The Balaban J connectivity index is 1.62. The predicted octanol–water partition coefficient (Wildman–Crippen LogP) is 5.05. The molecular weight excluding hydrogens is 596 g/mol. The second-order valence-electron chi connectivity index (χ2n) is 13.0. The Morgan fingerprint density at radius 1 is 1.16 bits per heavy atom. The largest absolute Gasteiger partial charge is 0.489 e. The van der Waals surface area contributed by atoms with E-state index in [2.05, 4.69) is 9.97 Å². The Kier molecular flexibility index (Phi) is 7.63. The number of carbonyl (C=O) groups is 1. The fourth-order valence-corrected chi connectivity index (χ4v) is 6.41. The molecule has 12 heteroatoms. The lowest BCUT2D eigenvalue weighted by Gasteiger charge is -2.41. The molecule has 1 amide bonds. The van der Waals surface area contributed by atoms with E-state index in [9.17, 15) is 14.4 Å². The second-order valence-corrected chi connectivity index (χ2v) is 13.3. The average Bonchev–Trinajstić information content (AvgIpc) is 3.13. The van der Waals surface area contributed by atoms with Crippen LogP contribution in [0.25, 0.3) is 27.7 Å². The van der Waals surface area contributed by atoms with E-state index in [4.69, 9.17) is 21.1 Å². The number of nitrogens with zero attached hydrogens (tertiary/aromatic N) is 6. The lowest BCUT2D eigenvalue weighted by atomic mass is 10.0. The number of aryl methyl sites for hydroxylation is 2. The maximum atomic E-state index is 14.2. The molecule has 0 unspecified atom stereocenters. The summed E-state index contributed by atoms with van der Waals surface area (Å²) in [5.74, 6) is 0.762. The van der Waals surface area contributed by atoms with Gasteiger partial charge in [0.05, 0.1) is 33.3 Å². The van der Waals surface area contributed by atoms with E-state index < -0.39 is 17.4 Å². The van der Waals surface area contributed by atoms with E-state index >= 15 is 0 Å². The van der Waals surface area contributed by atoms with E-state index in [1.807, 2.05) is 52.5 Å². The summed E-state index contributed by atoms with van der Waals surface area (Å²) in [5.41, 5.74) is 2.15. The van der Waals surface area contributed by atoms with Gasteiger partial charge >= 0.3 is 11.8 Å². The number of fused-ring (bicyclic) bond motifs is 2. The zero-order chi connectivity index (χ0) is 32.4. The first-order chi connectivity index (χ1) is 21.3. The summed E-state index contributed by atoms with van der Waals surface area (Å²) >= 11 is 7.12. The van der Waals surface area contributed by atoms with Gasteiger partial charge < -0.3 is 23.8 Å². The summed E-state index contributed by atoms with van der Waals surface area (Å²) < 4.78 is 15.2. The van der Waals surface area contributed by atoms with Gasteiger partial charge in [-0.15, -0.1) is 0 Å². The quantitative estimate of drug-likeness (QED) is 0.309. The Morgan fingerprint density at radius 2 is 1.91 bits per heavy atom. The Hall–Kier alpha value is -4.38. The van der Waals surface area contributed by atoms with Crippen LogP contribution in [-0.2, 0) is 11.8 Å². The van der Waals surface area contributed by atoms with Gasteiger partial charge in [0.1, 0.15) is 18.0 Å². The summed E-state index contributed by atoms with van der Waals surface area (Å²) in [6, 6.07) is 6.79. The number of benzene rings is 1. The van der Waals surface area contributed by atoms with E-state index in [-0.39, 0.29) is 29.1 Å². The van der Waals surface area contributed by atoms with Crippen molar-refractivity contribution in [2.75, 3.05) is 31.1 Å². The molecule has 0 aliphatic carbocycles. The first-order valence-corrected chi connectivity index (χ1v) is 15.4. The van der Waals surface area contributed by atoms with E-state index in [1.165, 1.54) is 4.57 Å². The van der Waals surface area contributed by atoms with Crippen molar-refractivity contribution in [3.05, 3.63) is 73.8 Å². The van der Waals surface area contributed by atoms with Crippen LogP contribution in [0.1, 0.15) is 51.8 Å². The summed E-state index contributed by atoms with van der Waals surface area (Å²) in [6.07, 6.45) is 2.99. The van der Waals surface area contributed by atoms with Crippen molar-refractivity contribution in [2.45, 2.75) is 59.1 Å². The third-order valence-electron chi connectivity index (χ3n) is 8.22. The number of anilines is 1. The van der Waals surface area contributed by atoms with Crippen molar-refractivity contribution in [3.8, 4) is 22.6 Å². The van der Waals surface area contributed by atoms with Gasteiger partial charge in [-0.05, 0) is 63.4 Å². The molecule has 5 heterocycles. The molecule has 6 rings (SSSR count). The smallest absolute Gasteiger partial charge is 0.410 e. The third-order valence-corrected chi connectivity index (χ3v) is 8.60. The summed E-state index contributed by atoms with van der Waals surface area (Å²) in [4.78, 5) is 53.5. The number of amides is 1. The first-order valence-electron chi connectivity index (χ1n) is 15.0. The van der Waals surface area contributed by atoms with Crippen LogP contribution >= 0.6 is 11.6 Å². The Labute approximate surface area is 266 Å². The fraction of sp³-hybridized carbons (Fsp3) is 0.424. The van der Waals surface area contributed by atoms with Crippen LogP contribution in [0.4, 0.5) is 10.6 Å². The maximum absolute atomic E-state index is 14.2. The molecule has 1 saturated heterocycles. The molecule has 236 valence electrons. The molecule has 0 bridgehead atoms. The van der Waals surface area contributed by atoms with E-state index in [1.54, 1.807) is 47.1 Å². The number of piperazine rings is 1. The predicted molar refractivity (Wildman–Crippen MR) is 174 cm³/mol. The highest BCUT2D eigenvalue weighted by Crippen LogP contribution is 2.46. The van der Waals surface area contributed by atoms with Crippen molar-refractivity contribution in [1.29, 1.82) is 0 Å². The molecule has 3 aromatic heterocycles. The van der Waals surface area contributed by atoms with Gasteiger partial charge in [-0.1, -0.05) is 25.4 Å². The number of hydrogen-bond acceptors (Lipinski definition) is 8.